The van der Waals surface area contributed by atoms with Crippen LogP contribution in [0, 0.1) is 24.2 Å². The normalized spacial score (nSPS) is 19.8. The van der Waals surface area contributed by atoms with Crippen molar-refractivity contribution in [1.29, 1.82) is 5.26 Å². The molecule has 1 aliphatic heterocycles. The summed E-state index contributed by atoms with van der Waals surface area (Å²) in [6.07, 6.45) is 3.48. The number of hydrogen-bond donors (Lipinski definition) is 0. The molecule has 17 heavy (non-hydrogen) atoms. The Morgan fingerprint density at radius 3 is 3.18 bits per heavy atom. The van der Waals surface area contributed by atoms with Crippen LogP contribution in [0.3, 0.4) is 0 Å². The summed E-state index contributed by atoms with van der Waals surface area (Å²) in [4.78, 5) is 18.1. The molecule has 2 heterocycles. The van der Waals surface area contributed by atoms with E-state index in [1.165, 1.54) is 0 Å². The van der Waals surface area contributed by atoms with Gasteiger partial charge in [0.25, 0.3) is 5.91 Å². The van der Waals surface area contributed by atoms with Crippen LogP contribution in [-0.2, 0) is 0 Å². The summed E-state index contributed by atoms with van der Waals surface area (Å²) in [6, 6.07) is 5.81. The van der Waals surface area contributed by atoms with Gasteiger partial charge in [-0.25, -0.2) is 0 Å². The standard InChI is InChI=1S/C13H15N3O/c1-10-12(5-2-6-15-10)13(17)16-7-3-4-11(8-14)9-16/h2,5-6,11H,3-4,7,9H2,1H3. The topological polar surface area (TPSA) is 57.0 Å². The van der Waals surface area contributed by atoms with Crippen molar-refractivity contribution >= 4 is 5.91 Å². The number of hydrogen-bond acceptors (Lipinski definition) is 3. The molecule has 1 amide bonds. The number of rotatable bonds is 1. The Hall–Kier alpha value is -1.89. The van der Waals surface area contributed by atoms with E-state index in [1.54, 1.807) is 23.2 Å². The number of amides is 1. The third kappa shape index (κ3) is 2.44. The van der Waals surface area contributed by atoms with Crippen molar-refractivity contribution in [2.75, 3.05) is 13.1 Å². The fourth-order valence-corrected chi connectivity index (χ4v) is 2.15. The monoisotopic (exact) mass is 229 g/mol. The molecule has 0 bridgehead atoms. The average molecular weight is 229 g/mol. The highest BCUT2D eigenvalue weighted by molar-refractivity contribution is 5.95. The highest BCUT2D eigenvalue weighted by Crippen LogP contribution is 2.18. The Balaban J connectivity index is 2.16. The number of likely N-dealkylation sites (tertiary alicyclic amines) is 1. The van der Waals surface area contributed by atoms with Crippen molar-refractivity contribution in [3.8, 4) is 6.07 Å². The van der Waals surface area contributed by atoms with Crippen molar-refractivity contribution in [2.24, 2.45) is 5.92 Å². The fourth-order valence-electron chi connectivity index (χ4n) is 2.15. The fraction of sp³-hybridized carbons (Fsp3) is 0.462. The maximum atomic E-state index is 12.3. The summed E-state index contributed by atoms with van der Waals surface area (Å²) in [7, 11) is 0. The highest BCUT2D eigenvalue weighted by atomic mass is 16.2. The molecule has 88 valence electrons. The number of aryl methyl sites for hydroxylation is 1. The number of pyridine rings is 1. The van der Waals surface area contributed by atoms with E-state index in [0.717, 1.165) is 25.1 Å². The first-order chi connectivity index (χ1) is 8.22. The summed E-state index contributed by atoms with van der Waals surface area (Å²) in [6.45, 7) is 3.12. The molecule has 0 radical (unpaired) electrons. The smallest absolute Gasteiger partial charge is 0.255 e. The van der Waals surface area contributed by atoms with Crippen LogP contribution in [0.2, 0.25) is 0 Å². The van der Waals surface area contributed by atoms with Gasteiger partial charge in [0, 0.05) is 25.0 Å². The zero-order valence-corrected chi connectivity index (χ0v) is 9.89. The second-order valence-corrected chi connectivity index (χ2v) is 4.36. The summed E-state index contributed by atoms with van der Waals surface area (Å²) in [5.41, 5.74) is 1.39. The van der Waals surface area contributed by atoms with E-state index in [4.69, 9.17) is 5.26 Å². The average Bonchev–Trinajstić information content (AvgIpc) is 2.38. The highest BCUT2D eigenvalue weighted by Gasteiger charge is 2.25. The van der Waals surface area contributed by atoms with Crippen LogP contribution < -0.4 is 0 Å². The molecule has 2 rings (SSSR count). The molecule has 0 aliphatic carbocycles. The number of nitriles is 1. The van der Waals surface area contributed by atoms with Crippen LogP contribution in [0.25, 0.3) is 0 Å². The van der Waals surface area contributed by atoms with Gasteiger partial charge in [-0.2, -0.15) is 5.26 Å². The molecule has 0 saturated carbocycles. The van der Waals surface area contributed by atoms with Crippen LogP contribution in [0.15, 0.2) is 18.3 Å². The van der Waals surface area contributed by atoms with Crippen LogP contribution in [0.1, 0.15) is 28.9 Å². The lowest BCUT2D eigenvalue weighted by molar-refractivity contribution is 0.0697. The first kappa shape index (κ1) is 11.6. The predicted octanol–water partition coefficient (Wildman–Crippen LogP) is 1.77. The zero-order valence-electron chi connectivity index (χ0n) is 9.89. The van der Waals surface area contributed by atoms with Gasteiger partial charge in [0.2, 0.25) is 0 Å². The minimum atomic E-state index is -0.0234. The lowest BCUT2D eigenvalue weighted by Gasteiger charge is -2.29. The molecule has 1 atom stereocenters. The van der Waals surface area contributed by atoms with Gasteiger partial charge in [0.15, 0.2) is 0 Å². The minimum Gasteiger partial charge on any atom is -0.337 e. The maximum absolute atomic E-state index is 12.3. The van der Waals surface area contributed by atoms with Gasteiger partial charge in [0.05, 0.1) is 17.6 Å². The first-order valence-corrected chi connectivity index (χ1v) is 5.83. The first-order valence-electron chi connectivity index (χ1n) is 5.83. The lowest BCUT2D eigenvalue weighted by atomic mass is 9.99. The van der Waals surface area contributed by atoms with E-state index >= 15 is 0 Å². The number of carbonyl (C=O) groups is 1. The van der Waals surface area contributed by atoms with Crippen molar-refractivity contribution in [1.82, 2.24) is 9.88 Å². The van der Waals surface area contributed by atoms with Gasteiger partial charge in [-0.3, -0.25) is 9.78 Å². The SMILES string of the molecule is Cc1ncccc1C(=O)N1CCCC(C#N)C1. The van der Waals surface area contributed by atoms with Crippen LogP contribution >= 0.6 is 0 Å². The van der Waals surface area contributed by atoms with Crippen LogP contribution in [-0.4, -0.2) is 28.9 Å². The zero-order chi connectivity index (χ0) is 12.3. The summed E-state index contributed by atoms with van der Waals surface area (Å²) in [5.74, 6) is -0.0276. The third-order valence-electron chi connectivity index (χ3n) is 3.13. The number of carbonyl (C=O) groups excluding carboxylic acids is 1. The lowest BCUT2D eigenvalue weighted by Crippen LogP contribution is -2.39. The summed E-state index contributed by atoms with van der Waals surface area (Å²) in [5, 5.41) is 8.92. The predicted molar refractivity (Wildman–Crippen MR) is 63.2 cm³/mol. The van der Waals surface area contributed by atoms with Crippen molar-refractivity contribution < 1.29 is 4.79 Å². The molecular formula is C13H15N3O. The van der Waals surface area contributed by atoms with Crippen LogP contribution in [0.4, 0.5) is 0 Å². The molecule has 4 heteroatoms. The van der Waals surface area contributed by atoms with Gasteiger partial charge in [-0.05, 0) is 31.9 Å². The van der Waals surface area contributed by atoms with Crippen LogP contribution in [0.5, 0.6) is 0 Å². The second kappa shape index (κ2) is 4.96. The van der Waals surface area contributed by atoms with Gasteiger partial charge in [-0.15, -0.1) is 0 Å². The largest absolute Gasteiger partial charge is 0.337 e. The minimum absolute atomic E-state index is 0.00412. The molecule has 0 spiro atoms. The molecule has 1 unspecified atom stereocenters. The van der Waals surface area contributed by atoms with Gasteiger partial charge in [-0.1, -0.05) is 0 Å². The quantitative estimate of drug-likeness (QED) is 0.737. The molecule has 1 aromatic rings. The molecular weight excluding hydrogens is 214 g/mol. The Morgan fingerprint density at radius 1 is 1.65 bits per heavy atom. The van der Waals surface area contributed by atoms with E-state index in [1.807, 2.05) is 6.92 Å². The van der Waals surface area contributed by atoms with E-state index in [0.29, 0.717) is 12.1 Å². The Morgan fingerprint density at radius 2 is 2.47 bits per heavy atom. The maximum Gasteiger partial charge on any atom is 0.255 e. The molecule has 4 nitrogen and oxygen atoms in total. The number of piperidine rings is 1. The van der Waals surface area contributed by atoms with Gasteiger partial charge < -0.3 is 4.90 Å². The van der Waals surface area contributed by atoms with Crippen molar-refractivity contribution in [3.63, 3.8) is 0 Å². The molecule has 1 aliphatic rings. The molecule has 0 aromatic carbocycles. The van der Waals surface area contributed by atoms with Crippen molar-refractivity contribution in [3.05, 3.63) is 29.6 Å². The van der Waals surface area contributed by atoms with E-state index < -0.39 is 0 Å². The Kier molecular flexibility index (Phi) is 3.38. The van der Waals surface area contributed by atoms with E-state index in [9.17, 15) is 4.79 Å². The van der Waals surface area contributed by atoms with Gasteiger partial charge in [0.1, 0.15) is 0 Å². The van der Waals surface area contributed by atoms with E-state index in [2.05, 4.69) is 11.1 Å². The van der Waals surface area contributed by atoms with E-state index in [-0.39, 0.29) is 11.8 Å². The molecule has 0 N–H and O–H groups in total. The Bertz CT molecular complexity index is 464. The third-order valence-corrected chi connectivity index (χ3v) is 3.13. The van der Waals surface area contributed by atoms with Crippen molar-refractivity contribution in [2.45, 2.75) is 19.8 Å². The Labute approximate surface area is 101 Å². The second-order valence-electron chi connectivity index (χ2n) is 4.36. The summed E-state index contributed by atoms with van der Waals surface area (Å²) < 4.78 is 0. The molecule has 1 fully saturated rings. The summed E-state index contributed by atoms with van der Waals surface area (Å²) >= 11 is 0. The number of nitrogens with zero attached hydrogens (tertiary/aromatic N) is 3. The molecule has 1 aromatic heterocycles. The number of aromatic nitrogens is 1. The van der Waals surface area contributed by atoms with Gasteiger partial charge >= 0.3 is 0 Å². The molecule has 1 saturated heterocycles.